The van der Waals surface area contributed by atoms with Crippen LogP contribution in [0.3, 0.4) is 0 Å². The number of ether oxygens (including phenoxy) is 1. The average molecular weight is 363 g/mol. The van der Waals surface area contributed by atoms with Crippen LogP contribution >= 0.6 is 0 Å². The van der Waals surface area contributed by atoms with Crippen molar-refractivity contribution in [3.05, 3.63) is 36.5 Å². The molecular weight excluding hydrogens is 338 g/mol. The highest BCUT2D eigenvalue weighted by Crippen LogP contribution is 2.40. The Labute approximate surface area is 159 Å². The zero-order valence-corrected chi connectivity index (χ0v) is 15.9. The third-order valence-corrected chi connectivity index (χ3v) is 5.70. The van der Waals surface area contributed by atoms with Crippen LogP contribution in [-0.2, 0) is 0 Å². The number of H-pyrrole nitrogens is 1. The summed E-state index contributed by atoms with van der Waals surface area (Å²) < 4.78 is 6.14. The number of rotatable bonds is 4. The van der Waals surface area contributed by atoms with Crippen LogP contribution in [0.4, 0.5) is 5.82 Å². The van der Waals surface area contributed by atoms with Gasteiger partial charge in [-0.05, 0) is 57.1 Å². The molecule has 0 spiro atoms. The van der Waals surface area contributed by atoms with E-state index in [1.165, 1.54) is 0 Å². The molecule has 2 fully saturated rings. The monoisotopic (exact) mass is 363 g/mol. The first-order valence-corrected chi connectivity index (χ1v) is 9.67. The Balaban J connectivity index is 1.47. The number of nitrogens with one attached hydrogen (secondary N) is 1. The quantitative estimate of drug-likeness (QED) is 0.771. The molecule has 6 heteroatoms. The molecule has 1 saturated heterocycles. The van der Waals surface area contributed by atoms with E-state index in [4.69, 9.17) is 4.74 Å². The minimum Gasteiger partial charge on any atom is -0.488 e. The molecule has 1 aromatic carbocycles. The predicted molar refractivity (Wildman–Crippen MR) is 107 cm³/mol. The van der Waals surface area contributed by atoms with Gasteiger partial charge in [0.05, 0.1) is 5.52 Å². The number of pyridine rings is 1. The SMILES string of the molecule is CN1CCN(c2cc(-c3n[nH]c4ccc(OC5(C)CC5)cc34)ccn2)CC1. The maximum atomic E-state index is 6.14. The van der Waals surface area contributed by atoms with Crippen molar-refractivity contribution >= 4 is 16.7 Å². The van der Waals surface area contributed by atoms with Crippen LogP contribution in [0.2, 0.25) is 0 Å². The van der Waals surface area contributed by atoms with Crippen LogP contribution in [0.5, 0.6) is 5.75 Å². The van der Waals surface area contributed by atoms with Crippen LogP contribution in [0.1, 0.15) is 19.8 Å². The molecule has 2 aliphatic rings. The molecule has 6 nitrogen and oxygen atoms in total. The van der Waals surface area contributed by atoms with Crippen molar-refractivity contribution in [2.45, 2.75) is 25.4 Å². The molecule has 0 bridgehead atoms. The summed E-state index contributed by atoms with van der Waals surface area (Å²) in [4.78, 5) is 9.30. The molecule has 1 saturated carbocycles. The summed E-state index contributed by atoms with van der Waals surface area (Å²) in [5.41, 5.74) is 3.08. The molecule has 140 valence electrons. The topological polar surface area (TPSA) is 57.3 Å². The van der Waals surface area contributed by atoms with Gasteiger partial charge in [-0.15, -0.1) is 0 Å². The van der Waals surface area contributed by atoms with Gasteiger partial charge in [0.1, 0.15) is 22.9 Å². The average Bonchev–Trinajstić information content (AvgIpc) is 3.25. The van der Waals surface area contributed by atoms with Gasteiger partial charge < -0.3 is 14.5 Å². The van der Waals surface area contributed by atoms with Gasteiger partial charge >= 0.3 is 0 Å². The van der Waals surface area contributed by atoms with Crippen molar-refractivity contribution < 1.29 is 4.74 Å². The Morgan fingerprint density at radius 3 is 2.67 bits per heavy atom. The molecule has 27 heavy (non-hydrogen) atoms. The zero-order valence-electron chi connectivity index (χ0n) is 15.9. The minimum absolute atomic E-state index is 0.0167. The predicted octanol–water partition coefficient (Wildman–Crippen LogP) is 3.31. The van der Waals surface area contributed by atoms with E-state index in [-0.39, 0.29) is 5.60 Å². The number of benzene rings is 1. The second-order valence-corrected chi connectivity index (χ2v) is 8.02. The Bertz CT molecular complexity index is 970. The van der Waals surface area contributed by atoms with Crippen molar-refractivity contribution in [1.82, 2.24) is 20.1 Å². The highest BCUT2D eigenvalue weighted by molar-refractivity contribution is 5.94. The fraction of sp³-hybridized carbons (Fsp3) is 0.429. The molecular formula is C21H25N5O. The summed E-state index contributed by atoms with van der Waals surface area (Å²) in [5.74, 6) is 1.94. The molecule has 0 atom stereocenters. The van der Waals surface area contributed by atoms with Gasteiger partial charge in [-0.1, -0.05) is 0 Å². The molecule has 1 aliphatic carbocycles. The molecule has 1 aliphatic heterocycles. The van der Waals surface area contributed by atoms with Crippen LogP contribution in [0, 0.1) is 0 Å². The van der Waals surface area contributed by atoms with E-state index >= 15 is 0 Å². The van der Waals surface area contributed by atoms with Crippen molar-refractivity contribution in [2.24, 2.45) is 0 Å². The first kappa shape index (κ1) is 16.6. The first-order valence-electron chi connectivity index (χ1n) is 9.67. The number of anilines is 1. The lowest BCUT2D eigenvalue weighted by atomic mass is 10.1. The number of fused-ring (bicyclic) bond motifs is 1. The highest BCUT2D eigenvalue weighted by Gasteiger charge is 2.40. The fourth-order valence-electron chi connectivity index (χ4n) is 3.61. The van der Waals surface area contributed by atoms with Gasteiger partial charge in [-0.25, -0.2) is 4.98 Å². The summed E-state index contributed by atoms with van der Waals surface area (Å²) in [6, 6.07) is 10.4. The van der Waals surface area contributed by atoms with Gasteiger partial charge in [0.25, 0.3) is 0 Å². The van der Waals surface area contributed by atoms with Crippen LogP contribution in [0.25, 0.3) is 22.2 Å². The Morgan fingerprint density at radius 2 is 1.89 bits per heavy atom. The summed E-state index contributed by atoms with van der Waals surface area (Å²) in [5, 5.41) is 8.82. The molecule has 3 heterocycles. The smallest absolute Gasteiger partial charge is 0.129 e. The van der Waals surface area contributed by atoms with Gasteiger partial charge in [-0.3, -0.25) is 5.10 Å². The second-order valence-electron chi connectivity index (χ2n) is 8.02. The second kappa shape index (κ2) is 6.23. The number of hydrogen-bond acceptors (Lipinski definition) is 5. The van der Waals surface area contributed by atoms with E-state index in [2.05, 4.69) is 57.2 Å². The number of likely N-dealkylation sites (N-methyl/N-ethyl adjacent to an activating group) is 1. The Kier molecular flexibility index (Phi) is 3.82. The summed E-state index contributed by atoms with van der Waals surface area (Å²) >= 11 is 0. The van der Waals surface area contributed by atoms with Gasteiger partial charge in [0, 0.05) is 43.3 Å². The van der Waals surface area contributed by atoms with Gasteiger partial charge in [0.15, 0.2) is 0 Å². The largest absolute Gasteiger partial charge is 0.488 e. The first-order chi connectivity index (χ1) is 13.1. The van der Waals surface area contributed by atoms with Crippen LogP contribution < -0.4 is 9.64 Å². The Morgan fingerprint density at radius 1 is 1.07 bits per heavy atom. The minimum atomic E-state index is 0.0167. The van der Waals surface area contributed by atoms with Crippen molar-refractivity contribution in [1.29, 1.82) is 0 Å². The standard InChI is InChI=1S/C21H25N5O/c1-21(6-7-21)27-16-3-4-18-17(14-16)20(24-23-18)15-5-8-22-19(13-15)26-11-9-25(2)10-12-26/h3-5,8,13-14H,6-7,9-12H2,1-2H3,(H,23,24). The van der Waals surface area contributed by atoms with E-state index in [9.17, 15) is 0 Å². The fourth-order valence-corrected chi connectivity index (χ4v) is 3.61. The van der Waals surface area contributed by atoms with Gasteiger partial charge in [0.2, 0.25) is 0 Å². The lowest BCUT2D eigenvalue weighted by Crippen LogP contribution is -2.44. The van der Waals surface area contributed by atoms with Crippen molar-refractivity contribution in [2.75, 3.05) is 38.1 Å². The third kappa shape index (κ3) is 3.25. The summed E-state index contributed by atoms with van der Waals surface area (Å²) in [6.45, 7) is 6.31. The summed E-state index contributed by atoms with van der Waals surface area (Å²) in [6.07, 6.45) is 4.14. The number of nitrogens with zero attached hydrogens (tertiary/aromatic N) is 4. The Hall–Kier alpha value is -2.60. The van der Waals surface area contributed by atoms with Gasteiger partial charge in [-0.2, -0.15) is 5.10 Å². The van der Waals surface area contributed by atoms with Crippen LogP contribution in [-0.4, -0.2) is 58.9 Å². The van der Waals surface area contributed by atoms with E-state index in [0.717, 1.165) is 72.7 Å². The maximum Gasteiger partial charge on any atom is 0.129 e. The summed E-state index contributed by atoms with van der Waals surface area (Å²) in [7, 11) is 2.17. The molecule has 0 amide bonds. The van der Waals surface area contributed by atoms with E-state index in [1.807, 2.05) is 18.3 Å². The molecule has 3 aromatic rings. The molecule has 0 unspecified atom stereocenters. The molecule has 2 aromatic heterocycles. The lowest BCUT2D eigenvalue weighted by molar-refractivity contribution is 0.200. The van der Waals surface area contributed by atoms with Crippen molar-refractivity contribution in [3.8, 4) is 17.0 Å². The van der Waals surface area contributed by atoms with E-state index in [1.54, 1.807) is 0 Å². The van der Waals surface area contributed by atoms with Crippen molar-refractivity contribution in [3.63, 3.8) is 0 Å². The third-order valence-electron chi connectivity index (χ3n) is 5.70. The van der Waals surface area contributed by atoms with Crippen LogP contribution in [0.15, 0.2) is 36.5 Å². The zero-order chi connectivity index (χ0) is 18.4. The maximum absolute atomic E-state index is 6.14. The number of piperazine rings is 1. The van der Waals surface area contributed by atoms with E-state index < -0.39 is 0 Å². The normalized spacial score (nSPS) is 19.4. The number of aromatic amines is 1. The highest BCUT2D eigenvalue weighted by atomic mass is 16.5. The molecule has 0 radical (unpaired) electrons. The lowest BCUT2D eigenvalue weighted by Gasteiger charge is -2.33. The number of hydrogen-bond donors (Lipinski definition) is 1. The van der Waals surface area contributed by atoms with E-state index in [0.29, 0.717) is 0 Å². The molecule has 1 N–H and O–H groups in total. The molecule has 5 rings (SSSR count). The number of aromatic nitrogens is 3.